The van der Waals surface area contributed by atoms with Gasteiger partial charge in [0.05, 0.1) is 27.9 Å². The number of rotatable bonds is 8. The number of hydrogen-bond acceptors (Lipinski definition) is 7. The van der Waals surface area contributed by atoms with Crippen LogP contribution in [0.15, 0.2) is 73.2 Å². The van der Waals surface area contributed by atoms with Gasteiger partial charge in [-0.25, -0.2) is 4.68 Å². The van der Waals surface area contributed by atoms with Crippen LogP contribution in [-0.2, 0) is 6.73 Å². The number of ether oxygens (including phenoxy) is 2. The number of aromatic nitrogens is 3. The van der Waals surface area contributed by atoms with Gasteiger partial charge in [0.15, 0.2) is 12.4 Å². The Morgan fingerprint density at radius 2 is 2.03 bits per heavy atom. The lowest BCUT2D eigenvalue weighted by Crippen LogP contribution is -2.14. The van der Waals surface area contributed by atoms with Gasteiger partial charge in [-0.2, -0.15) is 5.10 Å². The number of non-ortho nitro benzene ring substituents is 1. The van der Waals surface area contributed by atoms with Crippen molar-refractivity contribution in [1.82, 2.24) is 14.8 Å². The minimum Gasteiger partial charge on any atom is -0.470 e. The van der Waals surface area contributed by atoms with Gasteiger partial charge in [0, 0.05) is 24.5 Å². The first-order valence-electron chi connectivity index (χ1n) is 9.98. The Bertz CT molecular complexity index is 1340. The maximum atomic E-state index is 12.7. The maximum absolute atomic E-state index is 12.7. The van der Waals surface area contributed by atoms with Gasteiger partial charge < -0.3 is 14.8 Å². The van der Waals surface area contributed by atoms with Crippen molar-refractivity contribution >= 4 is 28.9 Å². The number of nitro benzene ring substituents is 1. The topological polar surface area (TPSA) is 121 Å². The van der Waals surface area contributed by atoms with Crippen molar-refractivity contribution in [3.63, 3.8) is 0 Å². The Morgan fingerprint density at radius 3 is 2.79 bits per heavy atom. The summed E-state index contributed by atoms with van der Waals surface area (Å²) in [6.45, 7) is 1.96. The minimum absolute atomic E-state index is 0.0381. The molecule has 1 amide bonds. The number of carbonyl (C=O) groups excluding carboxylic acids is 1. The largest absolute Gasteiger partial charge is 0.470 e. The fourth-order valence-corrected chi connectivity index (χ4v) is 3.14. The third kappa shape index (κ3) is 5.67. The van der Waals surface area contributed by atoms with E-state index < -0.39 is 10.8 Å². The third-order valence-corrected chi connectivity index (χ3v) is 4.85. The molecule has 0 atom stereocenters. The molecule has 1 N–H and O–H groups in total. The van der Waals surface area contributed by atoms with Crippen LogP contribution in [0.3, 0.4) is 0 Å². The molecule has 172 valence electrons. The molecule has 0 spiro atoms. The summed E-state index contributed by atoms with van der Waals surface area (Å²) < 4.78 is 12.7. The van der Waals surface area contributed by atoms with Crippen LogP contribution in [0, 0.1) is 17.0 Å². The highest BCUT2D eigenvalue weighted by Gasteiger charge is 2.16. The first kappa shape index (κ1) is 22.7. The standard InChI is InChI=1S/C23H18ClN5O5/c1-15-4-5-20(24)22(9-15)33-14-28-8-6-21(27-28)23(30)26-16-10-17(29(31)32)12-19(11-16)34-18-3-2-7-25-13-18/h2-13H,14H2,1H3,(H,26,30). The zero-order valence-electron chi connectivity index (χ0n) is 17.8. The molecule has 0 unspecified atom stereocenters. The molecule has 2 aromatic carbocycles. The van der Waals surface area contributed by atoms with Gasteiger partial charge in [-0.3, -0.25) is 19.9 Å². The lowest BCUT2D eigenvalue weighted by Gasteiger charge is -2.09. The SMILES string of the molecule is Cc1ccc(Cl)c(OCn2ccc(C(=O)Nc3cc(Oc4cccnc4)cc([N+](=O)[O-])c3)n2)c1. The van der Waals surface area contributed by atoms with Gasteiger partial charge in [0.25, 0.3) is 11.6 Å². The first-order chi connectivity index (χ1) is 16.4. The number of aryl methyl sites for hydroxylation is 1. The molecule has 0 bridgehead atoms. The van der Waals surface area contributed by atoms with E-state index in [0.717, 1.165) is 5.56 Å². The summed E-state index contributed by atoms with van der Waals surface area (Å²) in [6, 6.07) is 14.2. The highest BCUT2D eigenvalue weighted by atomic mass is 35.5. The van der Waals surface area contributed by atoms with Gasteiger partial charge in [0.1, 0.15) is 17.2 Å². The van der Waals surface area contributed by atoms with Crippen LogP contribution in [0.4, 0.5) is 11.4 Å². The van der Waals surface area contributed by atoms with Gasteiger partial charge in [-0.15, -0.1) is 0 Å². The molecule has 0 fully saturated rings. The van der Waals surface area contributed by atoms with Crippen LogP contribution in [0.25, 0.3) is 0 Å². The fraction of sp³-hybridized carbons (Fsp3) is 0.0870. The van der Waals surface area contributed by atoms with E-state index in [4.69, 9.17) is 21.1 Å². The average molecular weight is 480 g/mol. The number of anilines is 1. The highest BCUT2D eigenvalue weighted by Crippen LogP contribution is 2.30. The van der Waals surface area contributed by atoms with Crippen LogP contribution in [-0.4, -0.2) is 25.6 Å². The summed E-state index contributed by atoms with van der Waals surface area (Å²) in [5, 5.41) is 18.6. The molecular formula is C23H18ClN5O5. The van der Waals surface area contributed by atoms with Crippen molar-refractivity contribution in [1.29, 1.82) is 0 Å². The zero-order chi connectivity index (χ0) is 24.1. The number of pyridine rings is 1. The highest BCUT2D eigenvalue weighted by molar-refractivity contribution is 6.32. The maximum Gasteiger partial charge on any atom is 0.276 e. The second-order valence-electron chi connectivity index (χ2n) is 7.17. The summed E-state index contributed by atoms with van der Waals surface area (Å²) in [4.78, 5) is 27.4. The summed E-state index contributed by atoms with van der Waals surface area (Å²) in [7, 11) is 0. The number of carbonyl (C=O) groups is 1. The van der Waals surface area contributed by atoms with Crippen LogP contribution in [0.5, 0.6) is 17.2 Å². The van der Waals surface area contributed by atoms with Crippen molar-refractivity contribution in [3.8, 4) is 17.2 Å². The Labute approximate surface area is 198 Å². The van der Waals surface area contributed by atoms with E-state index in [1.54, 1.807) is 36.7 Å². The number of halogens is 1. The molecule has 0 aliphatic heterocycles. The van der Waals surface area contributed by atoms with Crippen LogP contribution in [0.1, 0.15) is 16.1 Å². The lowest BCUT2D eigenvalue weighted by molar-refractivity contribution is -0.384. The van der Waals surface area contributed by atoms with Crippen molar-refractivity contribution < 1.29 is 19.2 Å². The first-order valence-corrected chi connectivity index (χ1v) is 10.4. The molecule has 4 aromatic rings. The smallest absolute Gasteiger partial charge is 0.276 e. The van der Waals surface area contributed by atoms with E-state index >= 15 is 0 Å². The molecule has 34 heavy (non-hydrogen) atoms. The molecule has 2 heterocycles. The Kier molecular flexibility index (Phi) is 6.69. The van der Waals surface area contributed by atoms with Crippen LogP contribution < -0.4 is 14.8 Å². The van der Waals surface area contributed by atoms with E-state index in [-0.39, 0.29) is 29.5 Å². The fourth-order valence-electron chi connectivity index (χ4n) is 2.97. The Morgan fingerprint density at radius 1 is 1.18 bits per heavy atom. The molecular weight excluding hydrogens is 462 g/mol. The number of nitro groups is 1. The van der Waals surface area contributed by atoms with Crippen LogP contribution >= 0.6 is 11.6 Å². The number of amides is 1. The van der Waals surface area contributed by atoms with E-state index in [0.29, 0.717) is 16.5 Å². The monoisotopic (exact) mass is 479 g/mol. The second kappa shape index (κ2) is 10.0. The molecule has 0 aliphatic carbocycles. The summed E-state index contributed by atoms with van der Waals surface area (Å²) in [5.41, 5.74) is 1.02. The number of benzene rings is 2. The van der Waals surface area contributed by atoms with Gasteiger partial charge in [0.2, 0.25) is 0 Å². The van der Waals surface area contributed by atoms with Crippen molar-refractivity contribution in [2.45, 2.75) is 13.7 Å². The summed E-state index contributed by atoms with van der Waals surface area (Å²) >= 11 is 6.13. The van der Waals surface area contributed by atoms with Crippen molar-refractivity contribution in [3.05, 3.63) is 99.6 Å². The third-order valence-electron chi connectivity index (χ3n) is 4.54. The molecule has 11 heteroatoms. The number of nitrogens with zero attached hydrogens (tertiary/aromatic N) is 4. The van der Waals surface area contributed by atoms with Crippen molar-refractivity contribution in [2.75, 3.05) is 5.32 Å². The number of hydrogen-bond donors (Lipinski definition) is 1. The van der Waals surface area contributed by atoms with E-state index in [2.05, 4.69) is 15.4 Å². The molecule has 10 nitrogen and oxygen atoms in total. The normalized spacial score (nSPS) is 10.5. The quantitative estimate of drug-likeness (QED) is 0.271. The van der Waals surface area contributed by atoms with Gasteiger partial charge >= 0.3 is 0 Å². The molecule has 0 saturated carbocycles. The molecule has 0 saturated heterocycles. The zero-order valence-corrected chi connectivity index (χ0v) is 18.6. The molecule has 0 radical (unpaired) electrons. The van der Waals surface area contributed by atoms with E-state index in [9.17, 15) is 14.9 Å². The lowest BCUT2D eigenvalue weighted by atomic mass is 10.2. The molecule has 4 rings (SSSR count). The van der Waals surface area contributed by atoms with Gasteiger partial charge in [-0.1, -0.05) is 17.7 Å². The average Bonchev–Trinajstić information content (AvgIpc) is 3.29. The molecule has 2 aromatic heterocycles. The van der Waals surface area contributed by atoms with Crippen LogP contribution in [0.2, 0.25) is 5.02 Å². The minimum atomic E-state index is -0.575. The van der Waals surface area contributed by atoms with Crippen molar-refractivity contribution in [2.24, 2.45) is 0 Å². The summed E-state index contributed by atoms with van der Waals surface area (Å²) in [6.07, 6.45) is 4.62. The Hall–Kier alpha value is -4.44. The predicted octanol–water partition coefficient (Wildman–Crippen LogP) is 5.23. The number of nitrogens with one attached hydrogen (secondary N) is 1. The van der Waals surface area contributed by atoms with E-state index in [1.807, 2.05) is 13.0 Å². The van der Waals surface area contributed by atoms with Gasteiger partial charge in [-0.05, 0) is 42.8 Å². The van der Waals surface area contributed by atoms with E-state index in [1.165, 1.54) is 35.1 Å². The summed E-state index contributed by atoms with van der Waals surface area (Å²) in [5.74, 6) is 0.514. The Balaban J connectivity index is 1.46. The molecule has 0 aliphatic rings. The second-order valence-corrected chi connectivity index (χ2v) is 7.57. The predicted molar refractivity (Wildman–Crippen MR) is 124 cm³/mol.